The molecule has 2 aromatic carbocycles. The molecular formula is C19H25ClN2O2. The number of rotatable bonds is 4. The highest BCUT2D eigenvalue weighted by Crippen LogP contribution is 2.38. The molecule has 0 atom stereocenters. The summed E-state index contributed by atoms with van der Waals surface area (Å²) in [4.78, 5) is 12.5. The quantitative estimate of drug-likeness (QED) is 0.820. The third-order valence-electron chi connectivity index (χ3n) is 4.29. The van der Waals surface area contributed by atoms with E-state index in [1.54, 1.807) is 6.92 Å². The first-order valence-electron chi connectivity index (χ1n) is 8.42. The van der Waals surface area contributed by atoms with Crippen LogP contribution in [0.25, 0.3) is 10.8 Å². The number of anilines is 1. The van der Waals surface area contributed by atoms with Gasteiger partial charge in [0.15, 0.2) is 0 Å². The van der Waals surface area contributed by atoms with Gasteiger partial charge in [0.1, 0.15) is 11.4 Å². The van der Waals surface area contributed by atoms with Crippen molar-refractivity contribution in [2.75, 3.05) is 24.7 Å². The van der Waals surface area contributed by atoms with Crippen molar-refractivity contribution in [1.29, 1.82) is 0 Å². The van der Waals surface area contributed by atoms with Crippen molar-refractivity contribution in [3.05, 3.63) is 36.4 Å². The Bertz CT molecular complexity index is 699. The smallest absolute Gasteiger partial charge is 0.238 e. The molecule has 1 aliphatic heterocycles. The van der Waals surface area contributed by atoms with Gasteiger partial charge in [0.25, 0.3) is 0 Å². The van der Waals surface area contributed by atoms with Crippen LogP contribution in [0.3, 0.4) is 0 Å². The van der Waals surface area contributed by atoms with E-state index in [2.05, 4.69) is 23.2 Å². The molecule has 1 aliphatic rings. The Balaban J connectivity index is 0.00000208. The molecule has 0 unspecified atom stereocenters. The highest BCUT2D eigenvalue weighted by Gasteiger charge is 2.26. The van der Waals surface area contributed by atoms with E-state index in [4.69, 9.17) is 4.74 Å². The van der Waals surface area contributed by atoms with Crippen molar-refractivity contribution in [2.45, 2.75) is 33.1 Å². The van der Waals surface area contributed by atoms with Gasteiger partial charge in [0.2, 0.25) is 5.91 Å². The van der Waals surface area contributed by atoms with Crippen LogP contribution in [0.5, 0.6) is 5.75 Å². The lowest BCUT2D eigenvalue weighted by atomic mass is 10.1. The number of halogens is 1. The molecule has 4 nitrogen and oxygen atoms in total. The van der Waals surface area contributed by atoms with Crippen molar-refractivity contribution in [2.24, 2.45) is 0 Å². The van der Waals surface area contributed by atoms with Crippen molar-refractivity contribution in [3.8, 4) is 5.75 Å². The van der Waals surface area contributed by atoms with E-state index in [9.17, 15) is 4.79 Å². The van der Waals surface area contributed by atoms with Crippen molar-refractivity contribution in [3.63, 3.8) is 0 Å². The summed E-state index contributed by atoms with van der Waals surface area (Å²) in [5.74, 6) is 0.802. The van der Waals surface area contributed by atoms with Gasteiger partial charge in [-0.15, -0.1) is 12.4 Å². The van der Waals surface area contributed by atoms with Crippen LogP contribution >= 0.6 is 12.4 Å². The van der Waals surface area contributed by atoms with E-state index < -0.39 is 0 Å². The minimum Gasteiger partial charge on any atom is -0.492 e. The molecule has 3 rings (SSSR count). The molecular weight excluding hydrogens is 324 g/mol. The number of benzene rings is 2. The van der Waals surface area contributed by atoms with Gasteiger partial charge in [-0.25, -0.2) is 10.0 Å². The predicted octanol–water partition coefficient (Wildman–Crippen LogP) is 4.41. The maximum Gasteiger partial charge on any atom is 0.238 e. The largest absolute Gasteiger partial charge is 0.492 e. The van der Waals surface area contributed by atoms with Crippen LogP contribution in [0.1, 0.15) is 33.1 Å². The second-order valence-electron chi connectivity index (χ2n) is 5.91. The number of piperidine rings is 1. The molecule has 0 saturated carbocycles. The van der Waals surface area contributed by atoms with Crippen LogP contribution in [-0.2, 0) is 4.79 Å². The fourth-order valence-corrected chi connectivity index (χ4v) is 3.30. The van der Waals surface area contributed by atoms with E-state index in [0.29, 0.717) is 6.61 Å². The van der Waals surface area contributed by atoms with Gasteiger partial charge in [0, 0.05) is 25.4 Å². The molecule has 2 aromatic rings. The molecule has 0 N–H and O–H groups in total. The number of hydrogen-bond donors (Lipinski definition) is 0. The Morgan fingerprint density at radius 3 is 2.50 bits per heavy atom. The van der Waals surface area contributed by atoms with Gasteiger partial charge in [-0.05, 0) is 31.2 Å². The van der Waals surface area contributed by atoms with Crippen LogP contribution in [0.15, 0.2) is 36.4 Å². The van der Waals surface area contributed by atoms with Crippen molar-refractivity contribution < 1.29 is 9.53 Å². The number of fused-ring (bicyclic) bond motifs is 1. The molecule has 130 valence electrons. The fourth-order valence-electron chi connectivity index (χ4n) is 3.30. The standard InChI is InChI=1S/C19H24N2O2.ClH/c1-3-23-18-12-11-16-9-5-6-10-17(16)19(18)21(15(2)22)20-13-7-4-8-14-20;/h5-6,9-12H,3-4,7-8,13-14H2,1-2H3;1H. The van der Waals surface area contributed by atoms with Gasteiger partial charge >= 0.3 is 0 Å². The van der Waals surface area contributed by atoms with Gasteiger partial charge in [-0.2, -0.15) is 0 Å². The zero-order valence-electron chi connectivity index (χ0n) is 14.3. The summed E-state index contributed by atoms with van der Waals surface area (Å²) in [6.45, 7) is 6.00. The van der Waals surface area contributed by atoms with E-state index in [1.165, 1.54) is 6.42 Å². The Kier molecular flexibility index (Phi) is 6.46. The first kappa shape index (κ1) is 18.6. The average molecular weight is 349 g/mol. The molecule has 1 amide bonds. The van der Waals surface area contributed by atoms with Crippen LogP contribution in [-0.4, -0.2) is 30.6 Å². The summed E-state index contributed by atoms with van der Waals surface area (Å²) in [5.41, 5.74) is 0.874. The van der Waals surface area contributed by atoms with Crippen LogP contribution in [0.2, 0.25) is 0 Å². The van der Waals surface area contributed by atoms with E-state index in [0.717, 1.165) is 48.1 Å². The Morgan fingerprint density at radius 1 is 1.12 bits per heavy atom. The first-order chi connectivity index (χ1) is 11.2. The summed E-state index contributed by atoms with van der Waals surface area (Å²) < 4.78 is 5.85. The number of carbonyl (C=O) groups excluding carboxylic acids is 1. The summed E-state index contributed by atoms with van der Waals surface area (Å²) in [5, 5.41) is 6.16. The lowest BCUT2D eigenvalue weighted by Crippen LogP contribution is -2.48. The van der Waals surface area contributed by atoms with Crippen LogP contribution < -0.4 is 9.75 Å². The topological polar surface area (TPSA) is 32.8 Å². The summed E-state index contributed by atoms with van der Waals surface area (Å²) in [7, 11) is 0. The highest BCUT2D eigenvalue weighted by molar-refractivity contribution is 6.05. The third-order valence-corrected chi connectivity index (χ3v) is 4.29. The van der Waals surface area contributed by atoms with Crippen molar-refractivity contribution >= 4 is 34.8 Å². The predicted molar refractivity (Wildman–Crippen MR) is 101 cm³/mol. The summed E-state index contributed by atoms with van der Waals surface area (Å²) in [6, 6.07) is 12.2. The normalized spacial score (nSPS) is 14.9. The van der Waals surface area contributed by atoms with Gasteiger partial charge < -0.3 is 4.74 Å². The maximum absolute atomic E-state index is 12.5. The highest BCUT2D eigenvalue weighted by atomic mass is 35.5. The molecule has 0 radical (unpaired) electrons. The van der Waals surface area contributed by atoms with E-state index >= 15 is 0 Å². The number of hydrogen-bond acceptors (Lipinski definition) is 3. The third kappa shape index (κ3) is 3.65. The number of ether oxygens (including phenoxy) is 1. The Labute approximate surface area is 149 Å². The molecule has 0 spiro atoms. The first-order valence-corrected chi connectivity index (χ1v) is 8.42. The summed E-state index contributed by atoms with van der Waals surface area (Å²) in [6.07, 6.45) is 3.48. The number of hydrazine groups is 1. The fraction of sp³-hybridized carbons (Fsp3) is 0.421. The van der Waals surface area contributed by atoms with Gasteiger partial charge in [-0.3, -0.25) is 4.79 Å². The second kappa shape index (κ2) is 8.36. The lowest BCUT2D eigenvalue weighted by Gasteiger charge is -2.38. The molecule has 1 heterocycles. The molecule has 1 fully saturated rings. The maximum atomic E-state index is 12.5. The SMILES string of the molecule is CCOc1ccc2ccccc2c1N(C(C)=O)N1CCCCC1.Cl. The zero-order chi connectivity index (χ0) is 16.2. The van der Waals surface area contributed by atoms with E-state index in [1.807, 2.05) is 30.1 Å². The molecule has 1 saturated heterocycles. The number of amides is 1. The minimum absolute atomic E-state index is 0. The number of carbonyl (C=O) groups is 1. The monoisotopic (exact) mass is 348 g/mol. The van der Waals surface area contributed by atoms with Gasteiger partial charge in [0.05, 0.1) is 6.61 Å². The Hall–Kier alpha value is -1.78. The molecule has 0 aliphatic carbocycles. The average Bonchev–Trinajstić information content (AvgIpc) is 2.57. The van der Waals surface area contributed by atoms with Crippen LogP contribution in [0, 0.1) is 0 Å². The molecule has 5 heteroatoms. The van der Waals surface area contributed by atoms with Crippen LogP contribution in [0.4, 0.5) is 5.69 Å². The Morgan fingerprint density at radius 2 is 1.83 bits per heavy atom. The summed E-state index contributed by atoms with van der Waals surface area (Å²) >= 11 is 0. The van der Waals surface area contributed by atoms with E-state index in [-0.39, 0.29) is 18.3 Å². The minimum atomic E-state index is 0. The zero-order valence-corrected chi connectivity index (χ0v) is 15.1. The lowest BCUT2D eigenvalue weighted by molar-refractivity contribution is -0.119. The van der Waals surface area contributed by atoms with Gasteiger partial charge in [-0.1, -0.05) is 36.8 Å². The number of nitrogens with zero attached hydrogens (tertiary/aromatic N) is 2. The molecule has 0 bridgehead atoms. The van der Waals surface area contributed by atoms with Crippen molar-refractivity contribution in [1.82, 2.24) is 5.01 Å². The molecule has 0 aromatic heterocycles. The molecule has 24 heavy (non-hydrogen) atoms. The second-order valence-corrected chi connectivity index (χ2v) is 5.91.